The summed E-state index contributed by atoms with van der Waals surface area (Å²) >= 11 is 0. The maximum atomic E-state index is 9.37. The van der Waals surface area contributed by atoms with Crippen LogP contribution in [0.5, 0.6) is 0 Å². The molecule has 2 aliphatic carbocycles. The van der Waals surface area contributed by atoms with Crippen molar-refractivity contribution in [2.45, 2.75) is 58.9 Å². The number of hydrogen-bond acceptors (Lipinski definition) is 2. The molecule has 0 amide bonds. The van der Waals surface area contributed by atoms with E-state index in [1.54, 1.807) is 0 Å². The monoisotopic (exact) mass is 248 g/mol. The van der Waals surface area contributed by atoms with Crippen LogP contribution in [0.1, 0.15) is 52.9 Å². The highest BCUT2D eigenvalue weighted by molar-refractivity contribution is 4.99. The normalized spacial score (nSPS) is 33.4. The van der Waals surface area contributed by atoms with E-state index in [0.29, 0.717) is 11.5 Å². The van der Waals surface area contributed by atoms with Gasteiger partial charge >= 0.3 is 0 Å². The number of hydrogen-bond donors (Lipinski definition) is 0. The van der Waals surface area contributed by atoms with Crippen molar-refractivity contribution in [1.29, 1.82) is 5.26 Å². The van der Waals surface area contributed by atoms with Crippen molar-refractivity contribution in [3.05, 3.63) is 0 Å². The topological polar surface area (TPSA) is 27.0 Å². The molecular formula is C16H28N2. The fourth-order valence-corrected chi connectivity index (χ4v) is 3.41. The van der Waals surface area contributed by atoms with Gasteiger partial charge in [-0.1, -0.05) is 20.8 Å². The van der Waals surface area contributed by atoms with Crippen molar-refractivity contribution >= 4 is 0 Å². The quantitative estimate of drug-likeness (QED) is 0.761. The molecule has 0 aliphatic heterocycles. The van der Waals surface area contributed by atoms with E-state index in [0.717, 1.165) is 18.3 Å². The first-order chi connectivity index (χ1) is 8.41. The lowest BCUT2D eigenvalue weighted by Gasteiger charge is -2.43. The average molecular weight is 248 g/mol. The predicted molar refractivity (Wildman–Crippen MR) is 75.0 cm³/mol. The maximum absolute atomic E-state index is 9.37. The summed E-state index contributed by atoms with van der Waals surface area (Å²) in [6.07, 6.45) is 6.34. The van der Waals surface area contributed by atoms with E-state index in [-0.39, 0.29) is 5.92 Å². The number of rotatable bonds is 3. The summed E-state index contributed by atoms with van der Waals surface area (Å²) in [5, 5.41) is 9.37. The van der Waals surface area contributed by atoms with Gasteiger partial charge in [-0.2, -0.15) is 5.26 Å². The fraction of sp³-hybridized carbons (Fsp3) is 0.938. The second-order valence-electron chi connectivity index (χ2n) is 7.56. The lowest BCUT2D eigenvalue weighted by molar-refractivity contribution is 0.0728. The third-order valence-electron chi connectivity index (χ3n) is 5.02. The standard InChI is InChI=1S/C16H28N2/c1-16(2,3)14-8-7-13(10-17)15(9-14)18(4)11-12-5-6-12/h12-15H,5-9,11H2,1-4H3. The summed E-state index contributed by atoms with van der Waals surface area (Å²) in [4.78, 5) is 2.49. The molecule has 0 aromatic heterocycles. The molecule has 3 unspecified atom stereocenters. The zero-order valence-corrected chi connectivity index (χ0v) is 12.4. The first kappa shape index (κ1) is 13.9. The van der Waals surface area contributed by atoms with Gasteiger partial charge in [0.05, 0.1) is 12.0 Å². The van der Waals surface area contributed by atoms with E-state index in [9.17, 15) is 5.26 Å². The van der Waals surface area contributed by atoms with Gasteiger partial charge in [0.15, 0.2) is 0 Å². The molecule has 2 rings (SSSR count). The highest BCUT2D eigenvalue weighted by atomic mass is 15.1. The molecule has 0 saturated heterocycles. The highest BCUT2D eigenvalue weighted by Crippen LogP contribution is 2.42. The molecule has 2 heteroatoms. The van der Waals surface area contributed by atoms with Gasteiger partial charge in [-0.15, -0.1) is 0 Å². The van der Waals surface area contributed by atoms with Crippen molar-refractivity contribution in [3.8, 4) is 6.07 Å². The molecule has 2 nitrogen and oxygen atoms in total. The van der Waals surface area contributed by atoms with Crippen molar-refractivity contribution < 1.29 is 0 Å². The van der Waals surface area contributed by atoms with E-state index < -0.39 is 0 Å². The third-order valence-corrected chi connectivity index (χ3v) is 5.02. The van der Waals surface area contributed by atoms with Crippen molar-refractivity contribution in [1.82, 2.24) is 4.90 Å². The number of nitriles is 1. The van der Waals surface area contributed by atoms with Crippen molar-refractivity contribution in [3.63, 3.8) is 0 Å². The Morgan fingerprint density at radius 1 is 1.17 bits per heavy atom. The third kappa shape index (κ3) is 3.26. The molecule has 0 heterocycles. The van der Waals surface area contributed by atoms with Crippen molar-refractivity contribution in [2.75, 3.05) is 13.6 Å². The minimum atomic E-state index is 0.257. The van der Waals surface area contributed by atoms with Crippen LogP contribution in [0.25, 0.3) is 0 Å². The number of nitrogens with zero attached hydrogens (tertiary/aromatic N) is 2. The largest absolute Gasteiger partial charge is 0.302 e. The zero-order chi connectivity index (χ0) is 13.3. The first-order valence-electron chi connectivity index (χ1n) is 7.51. The Bertz CT molecular complexity index is 319. The fourth-order valence-electron chi connectivity index (χ4n) is 3.41. The second kappa shape index (κ2) is 5.21. The minimum absolute atomic E-state index is 0.257. The predicted octanol–water partition coefficient (Wildman–Crippen LogP) is 3.68. The molecule has 2 aliphatic rings. The van der Waals surface area contributed by atoms with Crippen LogP contribution in [0, 0.1) is 34.5 Å². The summed E-state index contributed by atoms with van der Waals surface area (Å²) in [7, 11) is 2.23. The molecule has 2 saturated carbocycles. The second-order valence-corrected chi connectivity index (χ2v) is 7.56. The summed E-state index contributed by atoms with van der Waals surface area (Å²) in [5.41, 5.74) is 0.388. The van der Waals surface area contributed by atoms with Crippen LogP contribution in [-0.2, 0) is 0 Å². The molecule has 18 heavy (non-hydrogen) atoms. The Morgan fingerprint density at radius 3 is 2.33 bits per heavy atom. The van der Waals surface area contributed by atoms with E-state index in [1.165, 1.54) is 32.2 Å². The van der Waals surface area contributed by atoms with Gasteiger partial charge in [-0.3, -0.25) is 0 Å². The Labute approximate surface area is 112 Å². The van der Waals surface area contributed by atoms with E-state index in [1.807, 2.05) is 0 Å². The lowest BCUT2D eigenvalue weighted by atomic mass is 9.68. The van der Waals surface area contributed by atoms with Gasteiger partial charge in [0.25, 0.3) is 0 Å². The molecule has 0 aromatic carbocycles. The Hall–Kier alpha value is -0.550. The van der Waals surface area contributed by atoms with Gasteiger partial charge < -0.3 is 4.90 Å². The van der Waals surface area contributed by atoms with Gasteiger partial charge in [0.1, 0.15) is 0 Å². The molecule has 2 fully saturated rings. The zero-order valence-electron chi connectivity index (χ0n) is 12.4. The summed E-state index contributed by atoms with van der Waals surface area (Å²) in [6, 6.07) is 3.05. The molecule has 102 valence electrons. The summed E-state index contributed by atoms with van der Waals surface area (Å²) in [5.74, 6) is 1.95. The molecule has 0 N–H and O–H groups in total. The first-order valence-corrected chi connectivity index (χ1v) is 7.51. The Morgan fingerprint density at radius 2 is 1.83 bits per heavy atom. The minimum Gasteiger partial charge on any atom is -0.302 e. The van der Waals surface area contributed by atoms with Crippen LogP contribution in [-0.4, -0.2) is 24.5 Å². The molecule has 0 aromatic rings. The van der Waals surface area contributed by atoms with E-state index >= 15 is 0 Å². The van der Waals surface area contributed by atoms with Gasteiger partial charge in [0.2, 0.25) is 0 Å². The smallest absolute Gasteiger partial charge is 0.0672 e. The van der Waals surface area contributed by atoms with Crippen molar-refractivity contribution in [2.24, 2.45) is 23.2 Å². The van der Waals surface area contributed by atoms with Gasteiger partial charge in [-0.05, 0) is 56.4 Å². The van der Waals surface area contributed by atoms with E-state index in [2.05, 4.69) is 38.8 Å². The molecule has 3 atom stereocenters. The molecule has 0 spiro atoms. The molecule has 0 radical (unpaired) electrons. The summed E-state index contributed by atoms with van der Waals surface area (Å²) < 4.78 is 0. The van der Waals surface area contributed by atoms with Crippen LogP contribution in [0.15, 0.2) is 0 Å². The van der Waals surface area contributed by atoms with Gasteiger partial charge in [-0.25, -0.2) is 0 Å². The van der Waals surface area contributed by atoms with E-state index in [4.69, 9.17) is 0 Å². The summed E-state index contributed by atoms with van der Waals surface area (Å²) in [6.45, 7) is 8.26. The lowest BCUT2D eigenvalue weighted by Crippen LogP contribution is -2.45. The average Bonchev–Trinajstić information content (AvgIpc) is 3.10. The Balaban J connectivity index is 2.00. The highest BCUT2D eigenvalue weighted by Gasteiger charge is 2.38. The van der Waals surface area contributed by atoms with Crippen LogP contribution >= 0.6 is 0 Å². The van der Waals surface area contributed by atoms with Crippen LogP contribution in [0.4, 0.5) is 0 Å². The van der Waals surface area contributed by atoms with Crippen LogP contribution in [0.3, 0.4) is 0 Å². The SMILES string of the molecule is CN(CC1CC1)C1CC(C(C)(C)C)CCC1C#N. The van der Waals surface area contributed by atoms with Crippen LogP contribution in [0.2, 0.25) is 0 Å². The molecular weight excluding hydrogens is 220 g/mol. The maximum Gasteiger partial charge on any atom is 0.0672 e. The molecule has 0 bridgehead atoms. The van der Waals surface area contributed by atoms with Crippen LogP contribution < -0.4 is 0 Å². The Kier molecular flexibility index (Phi) is 4.02. The van der Waals surface area contributed by atoms with Gasteiger partial charge in [0, 0.05) is 12.6 Å².